The van der Waals surface area contributed by atoms with E-state index < -0.39 is 41.8 Å². The van der Waals surface area contributed by atoms with Gasteiger partial charge in [0.15, 0.2) is 5.96 Å². The SMILES string of the molecule is CC(=O)N[C@@H](Cc1cnc[nH]1)C(=O)N[C@H](Cc1ccccc1)C(=O)N[C@@H](CCCN=C(N)N)C(N)=O. The number of aromatic nitrogens is 2. The molecule has 0 aliphatic heterocycles. The Kier molecular flexibility index (Phi) is 10.9. The molecule has 0 unspecified atom stereocenters. The molecule has 36 heavy (non-hydrogen) atoms. The van der Waals surface area contributed by atoms with E-state index in [1.807, 2.05) is 18.2 Å². The molecule has 3 atom stereocenters. The Morgan fingerprint density at radius 3 is 2.14 bits per heavy atom. The number of carbonyl (C=O) groups is 4. The summed E-state index contributed by atoms with van der Waals surface area (Å²) in [5.74, 6) is -2.38. The first-order chi connectivity index (χ1) is 17.2. The summed E-state index contributed by atoms with van der Waals surface area (Å²) in [6.45, 7) is 1.55. The number of amides is 4. The molecule has 0 bridgehead atoms. The fourth-order valence-electron chi connectivity index (χ4n) is 3.46. The highest BCUT2D eigenvalue weighted by Crippen LogP contribution is 2.07. The summed E-state index contributed by atoms with van der Waals surface area (Å²) in [6.07, 6.45) is 3.89. The number of aliphatic imine (C=N–C) groups is 1. The van der Waals surface area contributed by atoms with Crippen LogP contribution in [0.4, 0.5) is 0 Å². The van der Waals surface area contributed by atoms with E-state index in [-0.39, 0.29) is 31.8 Å². The van der Waals surface area contributed by atoms with Gasteiger partial charge in [0.05, 0.1) is 6.33 Å². The third kappa shape index (κ3) is 9.83. The largest absolute Gasteiger partial charge is 0.370 e. The van der Waals surface area contributed by atoms with Crippen LogP contribution >= 0.6 is 0 Å². The van der Waals surface area contributed by atoms with Crippen LogP contribution in [0.5, 0.6) is 0 Å². The van der Waals surface area contributed by atoms with Gasteiger partial charge in [-0.2, -0.15) is 0 Å². The highest BCUT2D eigenvalue weighted by Gasteiger charge is 2.29. The number of hydrogen-bond donors (Lipinski definition) is 7. The minimum absolute atomic E-state index is 0.0795. The predicted octanol–water partition coefficient (Wildman–Crippen LogP) is -1.79. The van der Waals surface area contributed by atoms with Crippen molar-refractivity contribution < 1.29 is 19.2 Å². The molecule has 194 valence electrons. The second-order valence-corrected chi connectivity index (χ2v) is 8.20. The molecule has 13 nitrogen and oxygen atoms in total. The average molecular weight is 500 g/mol. The number of hydrogen-bond acceptors (Lipinski definition) is 6. The first-order valence-electron chi connectivity index (χ1n) is 11.4. The van der Waals surface area contributed by atoms with E-state index >= 15 is 0 Å². The molecule has 0 radical (unpaired) electrons. The van der Waals surface area contributed by atoms with Gasteiger partial charge >= 0.3 is 0 Å². The Morgan fingerprint density at radius 2 is 1.58 bits per heavy atom. The van der Waals surface area contributed by atoms with Crippen molar-refractivity contribution in [3.63, 3.8) is 0 Å². The maximum absolute atomic E-state index is 13.2. The maximum atomic E-state index is 13.2. The number of aromatic amines is 1. The second-order valence-electron chi connectivity index (χ2n) is 8.20. The molecule has 2 aromatic rings. The van der Waals surface area contributed by atoms with Gasteiger partial charge < -0.3 is 38.1 Å². The lowest BCUT2D eigenvalue weighted by molar-refractivity contribution is -0.133. The molecule has 2 rings (SSSR count). The van der Waals surface area contributed by atoms with Crippen molar-refractivity contribution in [2.24, 2.45) is 22.2 Å². The van der Waals surface area contributed by atoms with Gasteiger partial charge in [-0.3, -0.25) is 24.2 Å². The summed E-state index contributed by atoms with van der Waals surface area (Å²) in [4.78, 5) is 60.6. The third-order valence-corrected chi connectivity index (χ3v) is 5.19. The molecule has 1 heterocycles. The number of rotatable bonds is 14. The first-order valence-corrected chi connectivity index (χ1v) is 11.4. The van der Waals surface area contributed by atoms with Crippen LogP contribution in [-0.2, 0) is 32.0 Å². The molecule has 0 aliphatic rings. The first kappa shape index (κ1) is 27.8. The lowest BCUT2D eigenvalue weighted by Crippen LogP contribution is -2.57. The van der Waals surface area contributed by atoms with Gasteiger partial charge in [0.25, 0.3) is 0 Å². The molecule has 0 aliphatic carbocycles. The fourth-order valence-corrected chi connectivity index (χ4v) is 3.46. The Bertz CT molecular complexity index is 1040. The van der Waals surface area contributed by atoms with Crippen LogP contribution in [-0.4, -0.2) is 64.2 Å². The van der Waals surface area contributed by atoms with Gasteiger partial charge in [0, 0.05) is 38.2 Å². The molecule has 0 saturated carbocycles. The summed E-state index contributed by atoms with van der Waals surface area (Å²) in [5, 5.41) is 7.91. The number of nitrogens with zero attached hydrogens (tertiary/aromatic N) is 2. The minimum Gasteiger partial charge on any atom is -0.370 e. The molecular formula is C23H33N9O4. The normalized spacial score (nSPS) is 13.0. The Balaban J connectivity index is 2.17. The smallest absolute Gasteiger partial charge is 0.243 e. The third-order valence-electron chi connectivity index (χ3n) is 5.19. The molecule has 13 heteroatoms. The molecule has 1 aromatic heterocycles. The van der Waals surface area contributed by atoms with Crippen LogP contribution < -0.4 is 33.2 Å². The van der Waals surface area contributed by atoms with E-state index in [0.717, 1.165) is 5.56 Å². The standard InChI is InChI=1S/C23H33N9O4/c1-14(33)30-19(11-16-12-27-13-29-16)22(36)32-18(10-15-6-3-2-4-7-15)21(35)31-17(20(24)34)8-5-9-28-23(25)26/h2-4,6-7,12-13,17-19H,5,8-11H2,1H3,(H2,24,34)(H,27,29)(H,30,33)(H,31,35)(H,32,36)(H4,25,26,28)/t17-,18+,19-/m0/s1. The van der Waals surface area contributed by atoms with E-state index in [2.05, 4.69) is 30.9 Å². The monoisotopic (exact) mass is 499 g/mol. The molecule has 1 aromatic carbocycles. The van der Waals surface area contributed by atoms with Crippen LogP contribution in [0.2, 0.25) is 0 Å². The number of imidazole rings is 1. The molecular weight excluding hydrogens is 466 g/mol. The van der Waals surface area contributed by atoms with E-state index in [1.54, 1.807) is 12.1 Å². The Hall–Kier alpha value is -4.42. The van der Waals surface area contributed by atoms with Crippen LogP contribution in [0.3, 0.4) is 0 Å². The molecule has 10 N–H and O–H groups in total. The maximum Gasteiger partial charge on any atom is 0.243 e. The van der Waals surface area contributed by atoms with Gasteiger partial charge in [-0.1, -0.05) is 30.3 Å². The highest BCUT2D eigenvalue weighted by atomic mass is 16.2. The number of guanidine groups is 1. The topological polar surface area (TPSA) is 223 Å². The van der Waals surface area contributed by atoms with E-state index in [9.17, 15) is 19.2 Å². The van der Waals surface area contributed by atoms with Crippen molar-refractivity contribution >= 4 is 29.6 Å². The van der Waals surface area contributed by atoms with Gasteiger partial charge in [-0.15, -0.1) is 0 Å². The van der Waals surface area contributed by atoms with Crippen molar-refractivity contribution in [2.75, 3.05) is 6.54 Å². The number of primary amides is 1. The number of carbonyl (C=O) groups excluding carboxylic acids is 4. The number of nitrogens with one attached hydrogen (secondary N) is 4. The number of H-pyrrole nitrogens is 1. The zero-order valence-electron chi connectivity index (χ0n) is 20.1. The molecule has 0 fully saturated rings. The number of benzene rings is 1. The van der Waals surface area contributed by atoms with E-state index in [4.69, 9.17) is 17.2 Å². The zero-order valence-corrected chi connectivity index (χ0v) is 20.1. The quantitative estimate of drug-likeness (QED) is 0.0896. The van der Waals surface area contributed by atoms with Crippen molar-refractivity contribution in [1.82, 2.24) is 25.9 Å². The lowest BCUT2D eigenvalue weighted by atomic mass is 10.0. The highest BCUT2D eigenvalue weighted by molar-refractivity contribution is 5.94. The van der Waals surface area contributed by atoms with Gasteiger partial charge in [-0.25, -0.2) is 4.98 Å². The van der Waals surface area contributed by atoms with Gasteiger partial charge in [-0.05, 0) is 18.4 Å². The van der Waals surface area contributed by atoms with Gasteiger partial charge in [0.2, 0.25) is 23.6 Å². The average Bonchev–Trinajstić information content (AvgIpc) is 3.33. The van der Waals surface area contributed by atoms with Crippen molar-refractivity contribution in [3.8, 4) is 0 Å². The van der Waals surface area contributed by atoms with Crippen molar-refractivity contribution in [3.05, 3.63) is 54.1 Å². The zero-order chi connectivity index (χ0) is 26.5. The lowest BCUT2D eigenvalue weighted by Gasteiger charge is -2.24. The molecule has 0 saturated heterocycles. The summed E-state index contributed by atoms with van der Waals surface area (Å²) in [5.41, 5.74) is 17.5. The minimum atomic E-state index is -1.04. The summed E-state index contributed by atoms with van der Waals surface area (Å²) in [6, 6.07) is 6.07. The van der Waals surface area contributed by atoms with Crippen LogP contribution in [0.1, 0.15) is 31.0 Å². The summed E-state index contributed by atoms with van der Waals surface area (Å²) < 4.78 is 0. The summed E-state index contributed by atoms with van der Waals surface area (Å²) >= 11 is 0. The van der Waals surface area contributed by atoms with Crippen LogP contribution in [0.25, 0.3) is 0 Å². The fraction of sp³-hybridized carbons (Fsp3) is 0.391. The Morgan fingerprint density at radius 1 is 0.944 bits per heavy atom. The van der Waals surface area contributed by atoms with Crippen LogP contribution in [0.15, 0.2) is 47.8 Å². The second kappa shape index (κ2) is 14.1. The van der Waals surface area contributed by atoms with Crippen molar-refractivity contribution in [1.29, 1.82) is 0 Å². The molecule has 0 spiro atoms. The van der Waals surface area contributed by atoms with Gasteiger partial charge in [0.1, 0.15) is 18.1 Å². The predicted molar refractivity (Wildman–Crippen MR) is 133 cm³/mol. The Labute approximate surface area is 208 Å². The van der Waals surface area contributed by atoms with E-state index in [1.165, 1.54) is 19.4 Å². The summed E-state index contributed by atoms with van der Waals surface area (Å²) in [7, 11) is 0. The number of nitrogens with two attached hydrogens (primary N) is 3. The van der Waals surface area contributed by atoms with Crippen LogP contribution in [0, 0.1) is 0 Å². The van der Waals surface area contributed by atoms with Crippen molar-refractivity contribution in [2.45, 2.75) is 50.7 Å². The van der Waals surface area contributed by atoms with E-state index in [0.29, 0.717) is 12.1 Å². The molecule has 4 amide bonds.